The van der Waals surface area contributed by atoms with Gasteiger partial charge in [0.2, 0.25) is 5.91 Å². The smallest absolute Gasteiger partial charge is 0.272 e. The van der Waals surface area contributed by atoms with Crippen LogP contribution in [0.25, 0.3) is 6.08 Å². The molecule has 0 heterocycles. The Kier molecular flexibility index (Phi) is 12.3. The third kappa shape index (κ3) is 9.55. The predicted molar refractivity (Wildman–Crippen MR) is 198 cm³/mol. The van der Waals surface area contributed by atoms with Crippen LogP contribution in [0.1, 0.15) is 33.7 Å². The number of carbonyl (C=O) groups is 3. The van der Waals surface area contributed by atoms with Crippen molar-refractivity contribution in [2.75, 3.05) is 31.5 Å². The molecule has 0 aliphatic rings. The fraction of sp³-hybridized carbons (Fsp3) is 0.125. The van der Waals surface area contributed by atoms with Crippen LogP contribution in [0.3, 0.4) is 0 Å². The van der Waals surface area contributed by atoms with E-state index in [1.54, 1.807) is 98.1 Å². The third-order valence-corrected chi connectivity index (χ3v) is 8.63. The first kappa shape index (κ1) is 35.3. The number of carbonyl (C=O) groups excluding carboxylic acids is 3. The molecule has 0 aliphatic heterocycles. The van der Waals surface area contributed by atoms with Gasteiger partial charge in [-0.3, -0.25) is 14.4 Å². The Balaban J connectivity index is 1.38. The van der Waals surface area contributed by atoms with Crippen molar-refractivity contribution in [3.8, 4) is 17.2 Å². The molecule has 0 radical (unpaired) electrons. The summed E-state index contributed by atoms with van der Waals surface area (Å²) in [5, 5.41) is 8.03. The fourth-order valence-corrected chi connectivity index (χ4v) is 6.00. The maximum absolute atomic E-state index is 13.8. The van der Waals surface area contributed by atoms with Crippen molar-refractivity contribution >= 4 is 46.9 Å². The largest absolute Gasteiger partial charge is 0.497 e. The summed E-state index contributed by atoms with van der Waals surface area (Å²) in [6.45, 7) is 2.43. The van der Waals surface area contributed by atoms with Crippen molar-refractivity contribution in [3.05, 3.63) is 150 Å². The van der Waals surface area contributed by atoms with E-state index in [0.717, 1.165) is 10.5 Å². The van der Waals surface area contributed by atoms with E-state index in [1.165, 1.54) is 18.9 Å². The highest BCUT2D eigenvalue weighted by Crippen LogP contribution is 2.38. The quantitative estimate of drug-likeness (QED) is 0.0801. The molecule has 0 bridgehead atoms. The van der Waals surface area contributed by atoms with E-state index in [0.29, 0.717) is 46.4 Å². The third-order valence-electron chi connectivity index (χ3n) is 7.38. The van der Waals surface area contributed by atoms with Crippen LogP contribution in [0.15, 0.2) is 138 Å². The Labute approximate surface area is 295 Å². The Hall–Kier alpha value is -6.00. The van der Waals surface area contributed by atoms with Gasteiger partial charge in [0.05, 0.1) is 26.5 Å². The summed E-state index contributed by atoms with van der Waals surface area (Å²) in [5.74, 6) is 0.561. The number of hydrogen-bond donors (Lipinski definition) is 3. The van der Waals surface area contributed by atoms with Gasteiger partial charge in [-0.05, 0) is 78.7 Å². The van der Waals surface area contributed by atoms with Crippen molar-refractivity contribution in [2.24, 2.45) is 0 Å². The lowest BCUT2D eigenvalue weighted by molar-refractivity contribution is -0.116. The van der Waals surface area contributed by atoms with Crippen molar-refractivity contribution in [1.82, 2.24) is 5.32 Å². The molecular formula is C40H37N3O6S. The molecule has 0 saturated heterocycles. The Bertz CT molecular complexity index is 1950. The van der Waals surface area contributed by atoms with E-state index >= 15 is 0 Å². The standard InChI is InChI=1S/C40H37N3O6S/c1-4-49-31-20-18-27(19-21-31)24-35(43-38(44)29-14-9-6-10-15-29)39(45)41-30-16-11-17-33(25-30)50-37(28-12-7-5-8-13-28)40(46)42-34-23-22-32(47-2)26-36(34)48-3/h5-26,37H,4H2,1-3H3,(H,41,45)(H,42,46)(H,43,44)/b35-24+. The minimum Gasteiger partial charge on any atom is -0.497 e. The van der Waals surface area contributed by atoms with Gasteiger partial charge in [0.1, 0.15) is 28.2 Å². The van der Waals surface area contributed by atoms with Gasteiger partial charge in [-0.1, -0.05) is 66.7 Å². The van der Waals surface area contributed by atoms with Crippen LogP contribution in [0, 0.1) is 0 Å². The number of benzene rings is 5. The van der Waals surface area contributed by atoms with Crippen LogP contribution in [0.4, 0.5) is 11.4 Å². The zero-order valence-corrected chi connectivity index (χ0v) is 28.7. The summed E-state index contributed by atoms with van der Waals surface area (Å²) in [6.07, 6.45) is 1.60. The molecule has 10 heteroatoms. The van der Waals surface area contributed by atoms with Gasteiger partial charge >= 0.3 is 0 Å². The molecule has 3 amide bonds. The summed E-state index contributed by atoms with van der Waals surface area (Å²) < 4.78 is 16.3. The SMILES string of the molecule is CCOc1ccc(/C=C(/NC(=O)c2ccccc2)C(=O)Nc2cccc(SC(C(=O)Nc3ccc(OC)cc3OC)c3ccccc3)c2)cc1. The lowest BCUT2D eigenvalue weighted by atomic mass is 10.1. The van der Waals surface area contributed by atoms with Gasteiger partial charge in [0, 0.05) is 22.2 Å². The first-order chi connectivity index (χ1) is 24.4. The van der Waals surface area contributed by atoms with Crippen molar-refractivity contribution in [3.63, 3.8) is 0 Å². The Morgan fingerprint density at radius 3 is 2.12 bits per heavy atom. The maximum Gasteiger partial charge on any atom is 0.272 e. The monoisotopic (exact) mass is 687 g/mol. The van der Waals surface area contributed by atoms with E-state index in [2.05, 4.69) is 16.0 Å². The summed E-state index contributed by atoms with van der Waals surface area (Å²) in [7, 11) is 3.09. The number of thioether (sulfide) groups is 1. The van der Waals surface area contributed by atoms with E-state index in [9.17, 15) is 14.4 Å². The number of methoxy groups -OCH3 is 2. The Morgan fingerprint density at radius 1 is 0.740 bits per heavy atom. The van der Waals surface area contributed by atoms with E-state index in [-0.39, 0.29) is 11.6 Å². The summed E-state index contributed by atoms with van der Waals surface area (Å²) >= 11 is 1.33. The fourth-order valence-electron chi connectivity index (χ4n) is 4.92. The van der Waals surface area contributed by atoms with Gasteiger partial charge in [-0.2, -0.15) is 0 Å². The minimum absolute atomic E-state index is 0.0519. The highest BCUT2D eigenvalue weighted by molar-refractivity contribution is 8.00. The molecule has 9 nitrogen and oxygen atoms in total. The molecule has 3 N–H and O–H groups in total. The van der Waals surface area contributed by atoms with Crippen LogP contribution in [0.2, 0.25) is 0 Å². The second-order valence-electron chi connectivity index (χ2n) is 10.8. The number of nitrogens with one attached hydrogen (secondary N) is 3. The number of hydrogen-bond acceptors (Lipinski definition) is 7. The van der Waals surface area contributed by atoms with Crippen LogP contribution in [-0.2, 0) is 9.59 Å². The number of rotatable bonds is 14. The van der Waals surface area contributed by atoms with Crippen molar-refractivity contribution in [2.45, 2.75) is 17.1 Å². The Morgan fingerprint density at radius 2 is 1.44 bits per heavy atom. The van der Waals surface area contributed by atoms with Crippen LogP contribution >= 0.6 is 11.8 Å². The minimum atomic E-state index is -0.644. The molecule has 0 spiro atoms. The first-order valence-electron chi connectivity index (χ1n) is 15.8. The molecule has 0 aromatic heterocycles. The normalized spacial score (nSPS) is 11.5. The van der Waals surface area contributed by atoms with E-state index < -0.39 is 17.1 Å². The van der Waals surface area contributed by atoms with Crippen molar-refractivity contribution in [1.29, 1.82) is 0 Å². The number of ether oxygens (including phenoxy) is 3. The predicted octanol–water partition coefficient (Wildman–Crippen LogP) is 7.98. The highest BCUT2D eigenvalue weighted by atomic mass is 32.2. The molecule has 0 fully saturated rings. The van der Waals surface area contributed by atoms with Crippen LogP contribution in [0.5, 0.6) is 17.2 Å². The average molecular weight is 688 g/mol. The molecule has 50 heavy (non-hydrogen) atoms. The molecule has 0 saturated carbocycles. The number of anilines is 2. The molecule has 0 aliphatic carbocycles. The molecule has 5 aromatic carbocycles. The zero-order chi connectivity index (χ0) is 35.3. The molecule has 5 aromatic rings. The lowest BCUT2D eigenvalue weighted by Gasteiger charge is -2.19. The first-order valence-corrected chi connectivity index (χ1v) is 16.7. The summed E-state index contributed by atoms with van der Waals surface area (Å²) in [6, 6.07) is 37.7. The number of amides is 3. The zero-order valence-electron chi connectivity index (χ0n) is 27.8. The second-order valence-corrected chi connectivity index (χ2v) is 12.0. The summed E-state index contributed by atoms with van der Waals surface area (Å²) in [4.78, 5) is 41.4. The topological polar surface area (TPSA) is 115 Å². The second kappa shape index (κ2) is 17.4. The van der Waals surface area contributed by atoms with Crippen molar-refractivity contribution < 1.29 is 28.6 Å². The van der Waals surface area contributed by atoms with Gasteiger partial charge in [0.25, 0.3) is 11.8 Å². The highest BCUT2D eigenvalue weighted by Gasteiger charge is 2.24. The van der Waals surface area contributed by atoms with Gasteiger partial charge in [0.15, 0.2) is 0 Å². The maximum atomic E-state index is 13.8. The summed E-state index contributed by atoms with van der Waals surface area (Å²) in [5.41, 5.74) is 2.94. The lowest BCUT2D eigenvalue weighted by Crippen LogP contribution is -2.30. The molecule has 5 rings (SSSR count). The average Bonchev–Trinajstić information content (AvgIpc) is 3.15. The van der Waals surface area contributed by atoms with E-state index in [1.807, 2.05) is 49.4 Å². The molecule has 1 unspecified atom stereocenters. The molecular weight excluding hydrogens is 651 g/mol. The van der Waals surface area contributed by atoms with Gasteiger partial charge < -0.3 is 30.2 Å². The van der Waals surface area contributed by atoms with Gasteiger partial charge in [-0.15, -0.1) is 11.8 Å². The van der Waals surface area contributed by atoms with Crippen LogP contribution in [-0.4, -0.2) is 38.5 Å². The van der Waals surface area contributed by atoms with Gasteiger partial charge in [-0.25, -0.2) is 0 Å². The van der Waals surface area contributed by atoms with E-state index in [4.69, 9.17) is 14.2 Å². The molecule has 254 valence electrons. The van der Waals surface area contributed by atoms with Crippen LogP contribution < -0.4 is 30.2 Å². The molecule has 1 atom stereocenters.